The third kappa shape index (κ3) is 5.29. The molecule has 5 rings (SSSR count). The molecule has 1 fully saturated rings. The van der Waals surface area contributed by atoms with E-state index >= 15 is 0 Å². The highest BCUT2D eigenvalue weighted by Gasteiger charge is 2.36. The summed E-state index contributed by atoms with van der Waals surface area (Å²) in [6.07, 6.45) is 5.30. The average molecular weight is 528 g/mol. The smallest absolute Gasteiger partial charge is 0.271 e. The number of carbonyl (C=O) groups is 2. The number of amides is 2. The van der Waals surface area contributed by atoms with E-state index < -0.39 is 6.04 Å². The maximum absolute atomic E-state index is 14.4. The summed E-state index contributed by atoms with van der Waals surface area (Å²) in [7, 11) is 1.61. The van der Waals surface area contributed by atoms with Gasteiger partial charge in [0.15, 0.2) is 0 Å². The summed E-state index contributed by atoms with van der Waals surface area (Å²) < 4.78 is 5.38. The Kier molecular flexibility index (Phi) is 7.74. The Labute approximate surface area is 227 Å². The van der Waals surface area contributed by atoms with Gasteiger partial charge in [-0.3, -0.25) is 14.5 Å². The van der Waals surface area contributed by atoms with Crippen molar-refractivity contribution in [2.24, 2.45) is 0 Å². The first-order chi connectivity index (χ1) is 18.5. The van der Waals surface area contributed by atoms with E-state index in [1.807, 2.05) is 80.6 Å². The zero-order chi connectivity index (χ0) is 26.6. The molecule has 1 saturated carbocycles. The molecule has 0 radical (unpaired) electrons. The van der Waals surface area contributed by atoms with E-state index in [0.717, 1.165) is 47.0 Å². The minimum absolute atomic E-state index is 0.105. The number of aromatic nitrogens is 1. The van der Waals surface area contributed by atoms with Gasteiger partial charge >= 0.3 is 0 Å². The topological polar surface area (TPSA) is 71.5 Å². The zero-order valence-corrected chi connectivity index (χ0v) is 22.9. The van der Waals surface area contributed by atoms with Gasteiger partial charge in [0.2, 0.25) is 5.91 Å². The van der Waals surface area contributed by atoms with E-state index in [9.17, 15) is 9.59 Å². The number of aryl methyl sites for hydroxylation is 2. The van der Waals surface area contributed by atoms with Crippen LogP contribution in [0.1, 0.15) is 64.1 Å². The van der Waals surface area contributed by atoms with Crippen LogP contribution in [0.4, 0.5) is 5.69 Å². The number of hydrogen-bond acceptors (Lipinski definition) is 5. The van der Waals surface area contributed by atoms with Crippen molar-refractivity contribution in [2.75, 3.05) is 12.0 Å². The average Bonchev–Trinajstić information content (AvgIpc) is 3.29. The number of nitrogens with zero attached hydrogens (tertiary/aromatic N) is 2. The van der Waals surface area contributed by atoms with Crippen LogP contribution in [0.3, 0.4) is 0 Å². The van der Waals surface area contributed by atoms with E-state index in [-0.39, 0.29) is 17.9 Å². The van der Waals surface area contributed by atoms with Crippen LogP contribution in [0, 0.1) is 13.8 Å². The zero-order valence-electron chi connectivity index (χ0n) is 22.1. The van der Waals surface area contributed by atoms with Crippen LogP contribution in [0.2, 0.25) is 0 Å². The molecule has 0 spiro atoms. The Morgan fingerprint density at radius 1 is 0.974 bits per heavy atom. The Balaban J connectivity index is 1.69. The molecule has 196 valence electrons. The van der Waals surface area contributed by atoms with Gasteiger partial charge in [0.05, 0.1) is 23.5 Å². The lowest BCUT2D eigenvalue weighted by Crippen LogP contribution is -2.47. The summed E-state index contributed by atoms with van der Waals surface area (Å²) in [5, 5.41) is 6.02. The van der Waals surface area contributed by atoms with Crippen LogP contribution in [-0.4, -0.2) is 29.9 Å². The Morgan fingerprint density at radius 2 is 1.68 bits per heavy atom. The number of carbonyl (C=O) groups excluding carboxylic acids is 2. The van der Waals surface area contributed by atoms with E-state index in [1.54, 1.807) is 12.0 Å². The quantitative estimate of drug-likeness (QED) is 0.288. The molecule has 3 aromatic carbocycles. The maximum atomic E-state index is 14.4. The molecular formula is C31H33N3O3S. The van der Waals surface area contributed by atoms with Gasteiger partial charge < -0.3 is 10.1 Å². The molecule has 0 aliphatic heterocycles. The van der Waals surface area contributed by atoms with Gasteiger partial charge in [-0.05, 0) is 55.8 Å². The van der Waals surface area contributed by atoms with Crippen molar-refractivity contribution < 1.29 is 14.3 Å². The molecule has 1 N–H and O–H groups in total. The van der Waals surface area contributed by atoms with Crippen molar-refractivity contribution in [3.8, 4) is 5.75 Å². The second-order valence-electron chi connectivity index (χ2n) is 9.84. The third-order valence-corrected chi connectivity index (χ3v) is 8.29. The molecule has 0 bridgehead atoms. The Bertz CT molecular complexity index is 1440. The maximum Gasteiger partial charge on any atom is 0.271 e. The number of benzene rings is 3. The molecule has 1 atom stereocenters. The minimum atomic E-state index is -0.872. The number of ether oxygens (including phenoxy) is 1. The van der Waals surface area contributed by atoms with Gasteiger partial charge in [-0.1, -0.05) is 67.8 Å². The van der Waals surface area contributed by atoms with Crippen molar-refractivity contribution in [3.63, 3.8) is 0 Å². The van der Waals surface area contributed by atoms with E-state index in [0.29, 0.717) is 22.0 Å². The first kappa shape index (κ1) is 25.9. The summed E-state index contributed by atoms with van der Waals surface area (Å²) >= 11 is 1.36. The number of hydrogen-bond donors (Lipinski definition) is 1. The van der Waals surface area contributed by atoms with E-state index in [1.165, 1.54) is 17.8 Å². The Morgan fingerprint density at radius 3 is 2.37 bits per heavy atom. The van der Waals surface area contributed by atoms with Crippen LogP contribution in [0.25, 0.3) is 10.8 Å². The fourth-order valence-electron chi connectivity index (χ4n) is 5.35. The molecular weight excluding hydrogens is 494 g/mol. The monoisotopic (exact) mass is 527 g/mol. The summed E-state index contributed by atoms with van der Waals surface area (Å²) in [6, 6.07) is 20.5. The molecule has 6 nitrogen and oxygen atoms in total. The van der Waals surface area contributed by atoms with E-state index in [4.69, 9.17) is 4.74 Å². The van der Waals surface area contributed by atoms with Crippen LogP contribution < -0.4 is 15.0 Å². The Hall–Kier alpha value is -3.71. The van der Waals surface area contributed by atoms with Gasteiger partial charge in [-0.15, -0.1) is 11.3 Å². The first-order valence-electron chi connectivity index (χ1n) is 13.2. The van der Waals surface area contributed by atoms with Gasteiger partial charge in [0.25, 0.3) is 5.91 Å². The second kappa shape index (κ2) is 11.4. The predicted molar refractivity (Wildman–Crippen MR) is 153 cm³/mol. The number of methoxy groups -OCH3 is 1. The van der Waals surface area contributed by atoms with Gasteiger partial charge in [-0.2, -0.15) is 0 Å². The molecule has 1 aromatic heterocycles. The summed E-state index contributed by atoms with van der Waals surface area (Å²) in [6.45, 7) is 3.75. The number of anilines is 1. The molecule has 0 saturated heterocycles. The summed E-state index contributed by atoms with van der Waals surface area (Å²) in [5.74, 6) is 0.281. The summed E-state index contributed by atoms with van der Waals surface area (Å²) in [5.41, 5.74) is 2.08. The number of thiazole rings is 1. The minimum Gasteiger partial charge on any atom is -0.497 e. The summed E-state index contributed by atoms with van der Waals surface area (Å²) in [4.78, 5) is 35.4. The molecule has 1 aliphatic carbocycles. The number of nitrogens with one attached hydrogen (secondary N) is 1. The van der Waals surface area contributed by atoms with Crippen molar-refractivity contribution in [1.82, 2.24) is 10.3 Å². The number of fused-ring (bicyclic) bond motifs is 1. The molecule has 1 heterocycles. The normalized spacial score (nSPS) is 14.7. The fourth-order valence-corrected chi connectivity index (χ4v) is 6.21. The van der Waals surface area contributed by atoms with Crippen LogP contribution in [0.15, 0.2) is 66.7 Å². The highest BCUT2D eigenvalue weighted by molar-refractivity contribution is 7.13. The largest absolute Gasteiger partial charge is 0.497 e. The molecule has 1 aliphatic rings. The second-order valence-corrected chi connectivity index (χ2v) is 11.0. The standard InChI is InChI=1S/C31H33N3O3S/c1-20-29(38-21(2)32-20)31(36)34(27-15-9-11-22-10-7-8-14-26(22)27)28(23-16-18-25(37-3)19-17-23)30(35)33-24-12-5-4-6-13-24/h7-11,14-19,24,28H,4-6,12-13H2,1-3H3,(H,33,35). The third-order valence-electron chi connectivity index (χ3n) is 7.23. The van der Waals surface area contributed by atoms with Crippen LogP contribution in [0.5, 0.6) is 5.75 Å². The number of rotatable bonds is 7. The van der Waals surface area contributed by atoms with Crippen molar-refractivity contribution in [1.29, 1.82) is 0 Å². The van der Waals surface area contributed by atoms with Crippen molar-refractivity contribution in [2.45, 2.75) is 58.0 Å². The highest BCUT2D eigenvalue weighted by Crippen LogP contribution is 2.37. The lowest BCUT2D eigenvalue weighted by Gasteiger charge is -2.34. The van der Waals surface area contributed by atoms with Crippen molar-refractivity contribution >= 4 is 39.6 Å². The van der Waals surface area contributed by atoms with Gasteiger partial charge in [0.1, 0.15) is 16.7 Å². The molecule has 38 heavy (non-hydrogen) atoms. The van der Waals surface area contributed by atoms with Gasteiger partial charge in [0, 0.05) is 11.4 Å². The van der Waals surface area contributed by atoms with Crippen LogP contribution in [-0.2, 0) is 4.79 Å². The molecule has 4 aromatic rings. The SMILES string of the molecule is COc1ccc(C(C(=O)NC2CCCCC2)N(C(=O)c2sc(C)nc2C)c2cccc3ccccc23)cc1. The van der Waals surface area contributed by atoms with Crippen LogP contribution >= 0.6 is 11.3 Å². The molecule has 2 amide bonds. The fraction of sp³-hybridized carbons (Fsp3) is 0.323. The van der Waals surface area contributed by atoms with E-state index in [2.05, 4.69) is 10.3 Å². The van der Waals surface area contributed by atoms with Gasteiger partial charge in [-0.25, -0.2) is 4.98 Å². The lowest BCUT2D eigenvalue weighted by atomic mass is 9.94. The molecule has 7 heteroatoms. The molecule has 1 unspecified atom stereocenters. The lowest BCUT2D eigenvalue weighted by molar-refractivity contribution is -0.123. The highest BCUT2D eigenvalue weighted by atomic mass is 32.1. The first-order valence-corrected chi connectivity index (χ1v) is 14.0. The predicted octanol–water partition coefficient (Wildman–Crippen LogP) is 6.76. The van der Waals surface area contributed by atoms with Crippen molar-refractivity contribution in [3.05, 3.63) is 87.9 Å².